The molecule has 2 aliphatic rings. The largest absolute Gasteiger partial charge is 0.388 e. The van der Waals surface area contributed by atoms with Gasteiger partial charge in [0.15, 0.2) is 0 Å². The van der Waals surface area contributed by atoms with Gasteiger partial charge < -0.3 is 10.4 Å². The summed E-state index contributed by atoms with van der Waals surface area (Å²) >= 11 is 0. The molecule has 0 bridgehead atoms. The van der Waals surface area contributed by atoms with Crippen LogP contribution in [0.15, 0.2) is 0 Å². The summed E-state index contributed by atoms with van der Waals surface area (Å²) in [4.78, 5) is 12.2. The predicted molar refractivity (Wildman–Crippen MR) is 67.6 cm³/mol. The standard InChI is InChI=1S/C14H22N2O2/c15-10-13(6-2-1-3-7-13)12(17)16-11-14(18)8-4-5-9-14/h18H,1-9,11H2,(H,16,17). The molecule has 0 atom stereocenters. The van der Waals surface area contributed by atoms with Gasteiger partial charge in [-0.1, -0.05) is 32.1 Å². The Bertz CT molecular complexity index is 347. The average molecular weight is 250 g/mol. The van der Waals surface area contributed by atoms with E-state index in [1.807, 2.05) is 0 Å². The SMILES string of the molecule is N#CC1(C(=O)NCC2(O)CCCC2)CCCCC1. The Labute approximate surface area is 108 Å². The highest BCUT2D eigenvalue weighted by molar-refractivity contribution is 5.85. The van der Waals surface area contributed by atoms with E-state index in [0.717, 1.165) is 44.9 Å². The topological polar surface area (TPSA) is 73.1 Å². The lowest BCUT2D eigenvalue weighted by Gasteiger charge is -2.31. The van der Waals surface area contributed by atoms with Crippen LogP contribution in [0.4, 0.5) is 0 Å². The van der Waals surface area contributed by atoms with Gasteiger partial charge in [-0.25, -0.2) is 0 Å². The normalized spacial score (nSPS) is 25.3. The summed E-state index contributed by atoms with van der Waals surface area (Å²) in [5.74, 6) is -0.176. The Morgan fingerprint density at radius 1 is 1.11 bits per heavy atom. The van der Waals surface area contributed by atoms with Crippen LogP contribution in [0.25, 0.3) is 0 Å². The molecular formula is C14H22N2O2. The minimum absolute atomic E-state index is 0.176. The van der Waals surface area contributed by atoms with Crippen LogP contribution in [0.2, 0.25) is 0 Å². The van der Waals surface area contributed by atoms with Crippen LogP contribution in [0.1, 0.15) is 57.8 Å². The molecule has 0 heterocycles. The van der Waals surface area contributed by atoms with Crippen LogP contribution in [-0.4, -0.2) is 23.2 Å². The Balaban J connectivity index is 1.92. The minimum atomic E-state index is -0.840. The van der Waals surface area contributed by atoms with Crippen LogP contribution in [-0.2, 0) is 4.79 Å². The molecular weight excluding hydrogens is 228 g/mol. The molecule has 2 N–H and O–H groups in total. The number of nitriles is 1. The molecule has 0 aromatic rings. The average Bonchev–Trinajstić information content (AvgIpc) is 2.84. The van der Waals surface area contributed by atoms with Gasteiger partial charge in [-0.2, -0.15) is 5.26 Å². The molecule has 0 unspecified atom stereocenters. The zero-order chi connectivity index (χ0) is 13.1. The maximum atomic E-state index is 12.2. The quantitative estimate of drug-likeness (QED) is 0.803. The van der Waals surface area contributed by atoms with Gasteiger partial charge in [0.2, 0.25) is 5.91 Å². The number of aliphatic hydroxyl groups is 1. The first-order chi connectivity index (χ1) is 8.60. The Morgan fingerprint density at radius 3 is 2.22 bits per heavy atom. The lowest BCUT2D eigenvalue weighted by Crippen LogP contribution is -2.47. The van der Waals surface area contributed by atoms with Crippen molar-refractivity contribution in [1.29, 1.82) is 5.26 Å². The van der Waals surface area contributed by atoms with Crippen LogP contribution < -0.4 is 5.32 Å². The number of carbonyl (C=O) groups is 1. The van der Waals surface area contributed by atoms with Gasteiger partial charge in [-0.05, 0) is 25.7 Å². The van der Waals surface area contributed by atoms with Crippen molar-refractivity contribution in [2.24, 2.45) is 5.41 Å². The summed E-state index contributed by atoms with van der Waals surface area (Å²) < 4.78 is 0. The second-order valence-electron chi connectivity index (χ2n) is 5.87. The lowest BCUT2D eigenvalue weighted by atomic mass is 9.74. The van der Waals surface area contributed by atoms with Gasteiger partial charge in [0.05, 0.1) is 11.7 Å². The maximum Gasteiger partial charge on any atom is 0.240 e. The summed E-state index contributed by atoms with van der Waals surface area (Å²) in [6, 6.07) is 2.21. The van der Waals surface area contributed by atoms with E-state index in [-0.39, 0.29) is 5.91 Å². The van der Waals surface area contributed by atoms with Crippen LogP contribution in [0, 0.1) is 16.7 Å². The van der Waals surface area contributed by atoms with Crippen LogP contribution >= 0.6 is 0 Å². The van der Waals surface area contributed by atoms with E-state index in [1.54, 1.807) is 0 Å². The first kappa shape index (κ1) is 13.4. The Hall–Kier alpha value is -1.08. The van der Waals surface area contributed by atoms with Crippen molar-refractivity contribution in [1.82, 2.24) is 5.32 Å². The molecule has 1 amide bonds. The van der Waals surface area contributed by atoms with Crippen LogP contribution in [0.3, 0.4) is 0 Å². The molecule has 0 saturated heterocycles. The number of amides is 1. The minimum Gasteiger partial charge on any atom is -0.388 e. The summed E-state index contributed by atoms with van der Waals surface area (Å²) in [6.45, 7) is 0.301. The second-order valence-corrected chi connectivity index (χ2v) is 5.87. The van der Waals surface area contributed by atoms with Gasteiger partial charge >= 0.3 is 0 Å². The number of carbonyl (C=O) groups excluding carboxylic acids is 1. The van der Waals surface area contributed by atoms with E-state index in [2.05, 4.69) is 11.4 Å². The van der Waals surface area contributed by atoms with Gasteiger partial charge in [-0.3, -0.25) is 4.79 Å². The van der Waals surface area contributed by atoms with E-state index in [9.17, 15) is 15.2 Å². The van der Waals surface area contributed by atoms with Gasteiger partial charge in [0, 0.05) is 6.54 Å². The molecule has 0 aromatic heterocycles. The molecule has 100 valence electrons. The first-order valence-corrected chi connectivity index (χ1v) is 7.02. The molecule has 4 nitrogen and oxygen atoms in total. The number of nitrogens with one attached hydrogen (secondary N) is 1. The van der Waals surface area contributed by atoms with E-state index in [4.69, 9.17) is 0 Å². The number of rotatable bonds is 3. The molecule has 2 rings (SSSR count). The summed E-state index contributed by atoms with van der Waals surface area (Å²) in [5, 5.41) is 22.3. The van der Waals surface area contributed by atoms with Crippen molar-refractivity contribution in [3.63, 3.8) is 0 Å². The maximum absolute atomic E-state index is 12.2. The molecule has 0 spiro atoms. The van der Waals surface area contributed by atoms with E-state index < -0.39 is 11.0 Å². The fraction of sp³-hybridized carbons (Fsp3) is 0.857. The van der Waals surface area contributed by atoms with Crippen molar-refractivity contribution < 1.29 is 9.90 Å². The Kier molecular flexibility index (Phi) is 3.91. The molecule has 0 aliphatic heterocycles. The van der Waals surface area contributed by atoms with Gasteiger partial charge in [-0.15, -0.1) is 0 Å². The third-order valence-corrected chi connectivity index (χ3v) is 4.47. The molecule has 2 saturated carbocycles. The summed E-state index contributed by atoms with van der Waals surface area (Å²) in [5.41, 5.74) is -1.58. The first-order valence-electron chi connectivity index (χ1n) is 7.02. The monoisotopic (exact) mass is 250 g/mol. The van der Waals surface area contributed by atoms with Crippen molar-refractivity contribution >= 4 is 5.91 Å². The Morgan fingerprint density at radius 2 is 1.67 bits per heavy atom. The zero-order valence-corrected chi connectivity index (χ0v) is 10.9. The number of hydrogen-bond acceptors (Lipinski definition) is 3. The van der Waals surface area contributed by atoms with Crippen molar-refractivity contribution in [2.45, 2.75) is 63.4 Å². The highest BCUT2D eigenvalue weighted by Crippen LogP contribution is 2.36. The van der Waals surface area contributed by atoms with Gasteiger partial charge in [0.1, 0.15) is 5.41 Å². The van der Waals surface area contributed by atoms with E-state index in [1.165, 1.54) is 0 Å². The van der Waals surface area contributed by atoms with Crippen molar-refractivity contribution in [2.75, 3.05) is 6.54 Å². The fourth-order valence-corrected chi connectivity index (χ4v) is 3.17. The molecule has 0 aromatic carbocycles. The lowest BCUT2D eigenvalue weighted by molar-refractivity contribution is -0.130. The van der Waals surface area contributed by atoms with E-state index >= 15 is 0 Å². The smallest absolute Gasteiger partial charge is 0.240 e. The molecule has 0 radical (unpaired) electrons. The second kappa shape index (κ2) is 5.27. The predicted octanol–water partition coefficient (Wildman–Crippen LogP) is 1.88. The molecule has 4 heteroatoms. The van der Waals surface area contributed by atoms with Crippen LogP contribution in [0.5, 0.6) is 0 Å². The number of hydrogen-bond donors (Lipinski definition) is 2. The molecule has 2 aliphatic carbocycles. The van der Waals surface area contributed by atoms with Crippen molar-refractivity contribution in [3.8, 4) is 6.07 Å². The zero-order valence-electron chi connectivity index (χ0n) is 10.9. The third-order valence-electron chi connectivity index (χ3n) is 4.47. The molecule has 2 fully saturated rings. The van der Waals surface area contributed by atoms with Gasteiger partial charge in [0.25, 0.3) is 0 Å². The highest BCUT2D eigenvalue weighted by Gasteiger charge is 2.41. The van der Waals surface area contributed by atoms with E-state index in [0.29, 0.717) is 19.4 Å². The molecule has 18 heavy (non-hydrogen) atoms. The third kappa shape index (κ3) is 2.67. The summed E-state index contributed by atoms with van der Waals surface area (Å²) in [7, 11) is 0. The fourth-order valence-electron chi connectivity index (χ4n) is 3.17. The number of nitrogens with zero attached hydrogens (tertiary/aromatic N) is 1. The van der Waals surface area contributed by atoms with Crippen molar-refractivity contribution in [3.05, 3.63) is 0 Å². The highest BCUT2D eigenvalue weighted by atomic mass is 16.3. The summed E-state index contributed by atoms with van der Waals surface area (Å²) in [6.07, 6.45) is 7.89.